The van der Waals surface area contributed by atoms with E-state index in [9.17, 15) is 24.5 Å². The number of carbonyl (C=O) groups excluding carboxylic acids is 3. The van der Waals surface area contributed by atoms with E-state index in [2.05, 4.69) is 50.4 Å². The molecule has 0 radical (unpaired) electrons. The quantitative estimate of drug-likeness (QED) is 0.0727. The fraction of sp³-hybridized carbons (Fsp3) is 0.167. The van der Waals surface area contributed by atoms with Crippen molar-refractivity contribution in [2.75, 3.05) is 22.9 Å². The average molecular weight is 770 g/mol. The first kappa shape index (κ1) is 34.0. The molecule has 8 rings (SSSR count). The molecule has 3 aliphatic heterocycles. The lowest BCUT2D eigenvalue weighted by Gasteiger charge is -2.44. The minimum Gasteiger partial charge on any atom is -0.488 e. The van der Waals surface area contributed by atoms with Crippen molar-refractivity contribution in [1.29, 1.82) is 0 Å². The average Bonchev–Trinajstić information content (AvgIpc) is 3.17. The van der Waals surface area contributed by atoms with Crippen LogP contribution in [0, 0.1) is 10.1 Å². The number of halogens is 1. The Morgan fingerprint density at radius 1 is 0.811 bits per heavy atom. The Labute approximate surface area is 314 Å². The van der Waals surface area contributed by atoms with Gasteiger partial charge in [-0.25, -0.2) is 9.69 Å². The van der Waals surface area contributed by atoms with Gasteiger partial charge in [-0.2, -0.15) is 0 Å². The zero-order valence-corrected chi connectivity index (χ0v) is 30.0. The number of nitrogens with zero attached hydrogens (tertiary/aromatic N) is 3. The van der Waals surface area contributed by atoms with Gasteiger partial charge in [0.15, 0.2) is 0 Å². The Balaban J connectivity index is 1.13. The molecule has 0 aromatic heterocycles. The van der Waals surface area contributed by atoms with Crippen molar-refractivity contribution in [3.63, 3.8) is 0 Å². The molecule has 0 unspecified atom stereocenters. The molecule has 0 saturated carbocycles. The maximum atomic E-state index is 14.3. The Kier molecular flexibility index (Phi) is 9.09. The van der Waals surface area contributed by atoms with Crippen molar-refractivity contribution in [2.24, 2.45) is 0 Å². The Morgan fingerprint density at radius 3 is 1.98 bits per heavy atom. The van der Waals surface area contributed by atoms with Crippen molar-refractivity contribution in [1.82, 2.24) is 5.32 Å². The van der Waals surface area contributed by atoms with Crippen LogP contribution in [0.1, 0.15) is 58.1 Å². The zero-order valence-electron chi connectivity index (χ0n) is 28.4. The van der Waals surface area contributed by atoms with E-state index in [-0.39, 0.29) is 29.7 Å². The molecule has 10 nitrogen and oxygen atoms in total. The number of imide groups is 2. The minimum atomic E-state index is -0.795. The van der Waals surface area contributed by atoms with E-state index in [1.54, 1.807) is 30.3 Å². The molecule has 2 atom stereocenters. The topological polar surface area (TPSA) is 122 Å². The molecule has 4 amide bonds. The Bertz CT molecular complexity index is 2220. The van der Waals surface area contributed by atoms with Crippen molar-refractivity contribution in [3.8, 4) is 5.75 Å². The van der Waals surface area contributed by atoms with Crippen LogP contribution >= 0.6 is 15.9 Å². The Morgan fingerprint density at radius 2 is 1.42 bits per heavy atom. The SMILES string of the molecule is O=C1NC(=O)N(c2cc3c4c(c2)[C@H](c2ccccc2)CCN4CC[C@H]3c2ccccc2)C(=O)/C1=C/c1ccc(OCc2ccc([N+](=O)[O-])cc2)c(Br)c1. The van der Waals surface area contributed by atoms with Crippen LogP contribution < -0.4 is 19.9 Å². The summed E-state index contributed by atoms with van der Waals surface area (Å²) < 4.78 is 6.49. The number of anilines is 2. The number of hydrogen-bond acceptors (Lipinski definition) is 7. The number of nitro benzene ring substituents is 1. The smallest absolute Gasteiger partial charge is 0.335 e. The highest BCUT2D eigenvalue weighted by molar-refractivity contribution is 9.10. The van der Waals surface area contributed by atoms with Crippen LogP contribution in [0.5, 0.6) is 5.75 Å². The Hall–Kier alpha value is -6.07. The van der Waals surface area contributed by atoms with E-state index >= 15 is 0 Å². The van der Waals surface area contributed by atoms with Gasteiger partial charge in [-0.15, -0.1) is 0 Å². The molecule has 0 spiro atoms. The van der Waals surface area contributed by atoms with Gasteiger partial charge in [0.05, 0.1) is 15.1 Å². The molecule has 3 heterocycles. The van der Waals surface area contributed by atoms with Crippen LogP contribution in [-0.4, -0.2) is 35.9 Å². The van der Waals surface area contributed by atoms with Crippen LogP contribution in [0.2, 0.25) is 0 Å². The van der Waals surface area contributed by atoms with Gasteiger partial charge in [0, 0.05) is 42.7 Å². The van der Waals surface area contributed by atoms with Crippen LogP contribution in [0.25, 0.3) is 6.08 Å². The summed E-state index contributed by atoms with van der Waals surface area (Å²) in [6.07, 6.45) is 3.25. The number of nitro groups is 1. The molecule has 5 aromatic carbocycles. The van der Waals surface area contributed by atoms with Crippen molar-refractivity contribution in [3.05, 3.63) is 169 Å². The zero-order chi connectivity index (χ0) is 36.6. The molecule has 1 fully saturated rings. The van der Waals surface area contributed by atoms with Gasteiger partial charge in [-0.3, -0.25) is 25.0 Å². The second-order valence-corrected chi connectivity index (χ2v) is 14.2. The number of rotatable bonds is 8. The number of non-ortho nitro benzene ring substituents is 1. The maximum Gasteiger partial charge on any atom is 0.335 e. The molecular weight excluding hydrogens is 736 g/mol. The van der Waals surface area contributed by atoms with Gasteiger partial charge in [0.1, 0.15) is 17.9 Å². The van der Waals surface area contributed by atoms with Crippen LogP contribution in [0.15, 0.2) is 125 Å². The predicted molar refractivity (Wildman–Crippen MR) is 205 cm³/mol. The molecule has 0 bridgehead atoms. The predicted octanol–water partition coefficient (Wildman–Crippen LogP) is 8.48. The van der Waals surface area contributed by atoms with E-state index in [1.807, 2.05) is 48.5 Å². The number of carbonyl (C=O) groups is 3. The molecular formula is C42H33BrN4O6. The lowest BCUT2D eigenvalue weighted by molar-refractivity contribution is -0.384. The number of benzene rings is 5. The minimum absolute atomic E-state index is 0.00507. The second kappa shape index (κ2) is 14.2. The summed E-state index contributed by atoms with van der Waals surface area (Å²) in [4.78, 5) is 55.1. The summed E-state index contributed by atoms with van der Waals surface area (Å²) in [5, 5.41) is 13.4. The van der Waals surface area contributed by atoms with E-state index < -0.39 is 22.8 Å². The largest absolute Gasteiger partial charge is 0.488 e. The molecule has 3 aliphatic rings. The highest BCUT2D eigenvalue weighted by Crippen LogP contribution is 2.50. The first-order valence-corrected chi connectivity index (χ1v) is 18.1. The summed E-state index contributed by atoms with van der Waals surface area (Å²) in [6.45, 7) is 1.98. The van der Waals surface area contributed by atoms with Crippen molar-refractivity contribution < 1.29 is 24.0 Å². The van der Waals surface area contributed by atoms with Crippen molar-refractivity contribution >= 4 is 56.9 Å². The standard InChI is InChI=1S/C42H33BrN4O6/c43-37-22-27(13-16-38(37)53-25-26-11-14-30(15-12-26)47(51)52)21-36-40(48)44-42(50)46(41(36)49)31-23-34-32(28-7-3-1-4-8-28)17-19-45-20-18-33(35(24-31)39(34)45)29-9-5-2-6-10-29/h1-16,21-24,32-33H,17-20,25H2,(H,44,48,50)/b36-21+/t32-,33-/m0/s1. The third-order valence-electron chi connectivity index (χ3n) is 10.2. The molecule has 1 saturated heterocycles. The number of hydrogen-bond donors (Lipinski definition) is 1. The summed E-state index contributed by atoms with van der Waals surface area (Å²) >= 11 is 3.52. The molecule has 264 valence electrons. The summed E-state index contributed by atoms with van der Waals surface area (Å²) in [5.41, 5.74) is 7.15. The van der Waals surface area contributed by atoms with Crippen LogP contribution in [0.4, 0.5) is 21.9 Å². The van der Waals surface area contributed by atoms with Gasteiger partial charge in [-0.05, 0) is 105 Å². The molecule has 53 heavy (non-hydrogen) atoms. The van der Waals surface area contributed by atoms with Crippen LogP contribution in [-0.2, 0) is 16.2 Å². The molecule has 0 aliphatic carbocycles. The van der Waals surface area contributed by atoms with Gasteiger partial charge < -0.3 is 9.64 Å². The number of barbiturate groups is 1. The maximum absolute atomic E-state index is 14.3. The monoisotopic (exact) mass is 768 g/mol. The molecule has 1 N–H and O–H groups in total. The summed E-state index contributed by atoms with van der Waals surface area (Å²) in [6, 6.07) is 34.9. The van der Waals surface area contributed by atoms with Gasteiger partial charge >= 0.3 is 6.03 Å². The lowest BCUT2D eigenvalue weighted by Crippen LogP contribution is -2.54. The highest BCUT2D eigenvalue weighted by atomic mass is 79.9. The normalized spacial score (nSPS) is 18.8. The number of nitrogens with one attached hydrogen (secondary N) is 1. The number of amides is 4. The van der Waals surface area contributed by atoms with E-state index in [4.69, 9.17) is 4.74 Å². The third-order valence-corrected chi connectivity index (χ3v) is 10.8. The van der Waals surface area contributed by atoms with Gasteiger partial charge in [0.2, 0.25) is 0 Å². The number of urea groups is 1. The highest BCUT2D eigenvalue weighted by Gasteiger charge is 2.40. The fourth-order valence-corrected chi connectivity index (χ4v) is 8.14. The first-order chi connectivity index (χ1) is 25.7. The lowest BCUT2D eigenvalue weighted by atomic mass is 9.76. The van der Waals surface area contributed by atoms with Crippen molar-refractivity contribution in [2.45, 2.75) is 31.3 Å². The van der Waals surface area contributed by atoms with E-state index in [0.29, 0.717) is 21.5 Å². The fourth-order valence-electron chi connectivity index (χ4n) is 7.63. The molecule has 11 heteroatoms. The van der Waals surface area contributed by atoms with Gasteiger partial charge in [-0.1, -0.05) is 66.7 Å². The summed E-state index contributed by atoms with van der Waals surface area (Å²) in [7, 11) is 0. The van der Waals surface area contributed by atoms with E-state index in [1.165, 1.54) is 29.3 Å². The summed E-state index contributed by atoms with van der Waals surface area (Å²) in [5.74, 6) is -0.862. The number of ether oxygens (including phenoxy) is 1. The van der Waals surface area contributed by atoms with Gasteiger partial charge in [0.25, 0.3) is 17.5 Å². The first-order valence-electron chi connectivity index (χ1n) is 17.3. The third kappa shape index (κ3) is 6.60. The molecule has 5 aromatic rings. The second-order valence-electron chi connectivity index (χ2n) is 13.3. The van der Waals surface area contributed by atoms with Crippen LogP contribution in [0.3, 0.4) is 0 Å². The van der Waals surface area contributed by atoms with E-state index in [0.717, 1.165) is 53.2 Å².